The zero-order valence-corrected chi connectivity index (χ0v) is 10.3. The average molecular weight is 228 g/mol. The molecule has 3 N–H and O–H groups in total. The van der Waals surface area contributed by atoms with E-state index in [9.17, 15) is 0 Å². The van der Waals surface area contributed by atoms with Crippen molar-refractivity contribution in [2.24, 2.45) is 23.7 Å². The number of hydrogen-bond donors (Lipinski definition) is 2. The second kappa shape index (κ2) is 3.18. The fourth-order valence-corrected chi connectivity index (χ4v) is 4.49. The fraction of sp³-hybridized carbons (Fsp3) is 0.600. The minimum atomic E-state index is 0.752. The highest BCUT2D eigenvalue weighted by atomic mass is 15.0. The zero-order valence-electron chi connectivity index (χ0n) is 10.3. The lowest BCUT2D eigenvalue weighted by atomic mass is 10.0. The Morgan fingerprint density at radius 1 is 1.18 bits per heavy atom. The van der Waals surface area contributed by atoms with Gasteiger partial charge in [0, 0.05) is 17.4 Å². The number of fused-ring (bicyclic) bond motifs is 5. The van der Waals surface area contributed by atoms with Crippen molar-refractivity contribution in [1.82, 2.24) is 0 Å². The van der Waals surface area contributed by atoms with Gasteiger partial charge in [-0.05, 0) is 67.6 Å². The van der Waals surface area contributed by atoms with Crippen molar-refractivity contribution in [3.8, 4) is 0 Å². The molecule has 0 amide bonds. The van der Waals surface area contributed by atoms with Gasteiger partial charge in [0.15, 0.2) is 0 Å². The molecule has 0 aromatic heterocycles. The summed E-state index contributed by atoms with van der Waals surface area (Å²) in [6, 6.07) is 6.94. The Kier molecular flexibility index (Phi) is 1.84. The lowest BCUT2D eigenvalue weighted by Gasteiger charge is -2.14. The molecule has 3 saturated carbocycles. The third kappa shape index (κ3) is 1.33. The Bertz CT molecular complexity index is 452. The summed E-state index contributed by atoms with van der Waals surface area (Å²) in [6.45, 7) is 2.16. The lowest BCUT2D eigenvalue weighted by Crippen LogP contribution is -2.13. The molecule has 4 atom stereocenters. The highest BCUT2D eigenvalue weighted by molar-refractivity contribution is 5.60. The van der Waals surface area contributed by atoms with Crippen LogP contribution in [-0.2, 0) is 0 Å². The summed E-state index contributed by atoms with van der Waals surface area (Å²) < 4.78 is 0. The molecule has 2 heteroatoms. The quantitative estimate of drug-likeness (QED) is 0.764. The van der Waals surface area contributed by atoms with Gasteiger partial charge >= 0.3 is 0 Å². The molecule has 2 nitrogen and oxygen atoms in total. The Morgan fingerprint density at radius 2 is 1.88 bits per heavy atom. The fourth-order valence-electron chi connectivity index (χ4n) is 4.49. The molecule has 1 aromatic carbocycles. The van der Waals surface area contributed by atoms with E-state index in [2.05, 4.69) is 24.4 Å². The highest BCUT2D eigenvalue weighted by Crippen LogP contribution is 2.66. The van der Waals surface area contributed by atoms with Crippen LogP contribution in [0.2, 0.25) is 0 Å². The van der Waals surface area contributed by atoms with Gasteiger partial charge in [-0.2, -0.15) is 0 Å². The topological polar surface area (TPSA) is 38.0 Å². The van der Waals surface area contributed by atoms with Crippen LogP contribution >= 0.6 is 0 Å². The van der Waals surface area contributed by atoms with Crippen molar-refractivity contribution in [2.45, 2.75) is 32.2 Å². The summed E-state index contributed by atoms with van der Waals surface area (Å²) in [4.78, 5) is 0. The number of nitrogens with two attached hydrogens (primary N) is 1. The Morgan fingerprint density at radius 3 is 2.59 bits per heavy atom. The van der Waals surface area contributed by atoms with Crippen LogP contribution in [0.15, 0.2) is 18.2 Å². The number of aryl methyl sites for hydroxylation is 1. The van der Waals surface area contributed by atoms with Crippen LogP contribution in [0.3, 0.4) is 0 Å². The third-order valence-electron chi connectivity index (χ3n) is 5.32. The second-order valence-electron chi connectivity index (χ2n) is 6.23. The molecule has 4 unspecified atom stereocenters. The Balaban J connectivity index is 1.54. The van der Waals surface area contributed by atoms with E-state index >= 15 is 0 Å². The summed E-state index contributed by atoms with van der Waals surface area (Å²) in [6.07, 6.45) is 4.49. The van der Waals surface area contributed by atoms with E-state index in [0.29, 0.717) is 0 Å². The molecule has 0 radical (unpaired) electrons. The van der Waals surface area contributed by atoms with E-state index in [1.165, 1.54) is 30.5 Å². The summed E-state index contributed by atoms with van der Waals surface area (Å²) >= 11 is 0. The molecular formula is C15H20N2. The van der Waals surface area contributed by atoms with E-state index in [0.717, 1.165) is 35.4 Å². The maximum absolute atomic E-state index is 5.87. The van der Waals surface area contributed by atoms with Crippen molar-refractivity contribution in [1.29, 1.82) is 0 Å². The van der Waals surface area contributed by atoms with E-state index < -0.39 is 0 Å². The number of hydrogen-bond acceptors (Lipinski definition) is 2. The SMILES string of the molecule is Cc1ccc(N)cc1NC1C2C3CCC(C3)C12. The largest absolute Gasteiger partial charge is 0.399 e. The van der Waals surface area contributed by atoms with Gasteiger partial charge in [0.05, 0.1) is 0 Å². The number of rotatable bonds is 2. The third-order valence-corrected chi connectivity index (χ3v) is 5.32. The minimum Gasteiger partial charge on any atom is -0.399 e. The first kappa shape index (κ1) is 9.81. The number of benzene rings is 1. The van der Waals surface area contributed by atoms with Gasteiger partial charge in [-0.15, -0.1) is 0 Å². The van der Waals surface area contributed by atoms with E-state index in [1.807, 2.05) is 6.07 Å². The molecule has 90 valence electrons. The molecule has 0 aliphatic heterocycles. The van der Waals surface area contributed by atoms with Crippen molar-refractivity contribution < 1.29 is 0 Å². The predicted octanol–water partition coefficient (Wildman–Crippen LogP) is 3.03. The molecular weight excluding hydrogens is 208 g/mol. The normalized spacial score (nSPS) is 41.4. The van der Waals surface area contributed by atoms with Gasteiger partial charge in [0.1, 0.15) is 0 Å². The first-order valence-electron chi connectivity index (χ1n) is 6.87. The molecule has 0 spiro atoms. The first-order valence-corrected chi connectivity index (χ1v) is 6.87. The minimum absolute atomic E-state index is 0.752. The van der Waals surface area contributed by atoms with Gasteiger partial charge in [0.2, 0.25) is 0 Å². The summed E-state index contributed by atoms with van der Waals surface area (Å²) in [5.41, 5.74) is 9.30. The summed E-state index contributed by atoms with van der Waals surface area (Å²) in [7, 11) is 0. The van der Waals surface area contributed by atoms with Crippen LogP contribution in [0.4, 0.5) is 11.4 Å². The van der Waals surface area contributed by atoms with Gasteiger partial charge in [0.25, 0.3) is 0 Å². The Hall–Kier alpha value is -1.18. The van der Waals surface area contributed by atoms with Crippen LogP contribution in [-0.4, -0.2) is 6.04 Å². The van der Waals surface area contributed by atoms with Crippen molar-refractivity contribution >= 4 is 11.4 Å². The lowest BCUT2D eigenvalue weighted by molar-refractivity contribution is 0.456. The highest BCUT2D eigenvalue weighted by Gasteiger charge is 2.65. The van der Waals surface area contributed by atoms with Gasteiger partial charge in [-0.1, -0.05) is 6.07 Å². The maximum atomic E-state index is 5.87. The van der Waals surface area contributed by atoms with Gasteiger partial charge < -0.3 is 11.1 Å². The first-order chi connectivity index (χ1) is 8.24. The van der Waals surface area contributed by atoms with Gasteiger partial charge in [-0.3, -0.25) is 0 Å². The smallest absolute Gasteiger partial charge is 0.0392 e. The zero-order chi connectivity index (χ0) is 11.6. The molecule has 4 rings (SSSR count). The molecule has 3 aliphatic carbocycles. The van der Waals surface area contributed by atoms with E-state index in [1.54, 1.807) is 0 Å². The van der Waals surface area contributed by atoms with Crippen LogP contribution in [0, 0.1) is 30.6 Å². The van der Waals surface area contributed by atoms with Crippen molar-refractivity contribution in [3.63, 3.8) is 0 Å². The van der Waals surface area contributed by atoms with E-state index in [-0.39, 0.29) is 0 Å². The van der Waals surface area contributed by atoms with Crippen LogP contribution in [0.5, 0.6) is 0 Å². The summed E-state index contributed by atoms with van der Waals surface area (Å²) in [5.74, 6) is 4.02. The molecule has 3 fully saturated rings. The molecule has 0 saturated heterocycles. The molecule has 17 heavy (non-hydrogen) atoms. The molecule has 0 heterocycles. The Labute approximate surface area is 103 Å². The van der Waals surface area contributed by atoms with Crippen LogP contribution in [0.25, 0.3) is 0 Å². The standard InChI is InChI=1S/C15H20N2/c1-8-2-5-11(16)7-12(8)17-15-13-9-3-4-10(6-9)14(13)15/h2,5,7,9-10,13-15,17H,3-4,6,16H2,1H3. The average Bonchev–Trinajstić information content (AvgIpc) is 2.72. The molecule has 3 aliphatic rings. The molecule has 2 bridgehead atoms. The van der Waals surface area contributed by atoms with Crippen LogP contribution < -0.4 is 11.1 Å². The van der Waals surface area contributed by atoms with Crippen molar-refractivity contribution in [3.05, 3.63) is 23.8 Å². The number of nitrogens with one attached hydrogen (secondary N) is 1. The predicted molar refractivity (Wildman–Crippen MR) is 70.8 cm³/mol. The van der Waals surface area contributed by atoms with E-state index in [4.69, 9.17) is 5.73 Å². The number of anilines is 2. The summed E-state index contributed by atoms with van der Waals surface area (Å²) in [5, 5.41) is 3.75. The van der Waals surface area contributed by atoms with Gasteiger partial charge in [-0.25, -0.2) is 0 Å². The maximum Gasteiger partial charge on any atom is 0.0392 e. The molecule has 1 aromatic rings. The number of nitrogen functional groups attached to an aromatic ring is 1. The van der Waals surface area contributed by atoms with Crippen molar-refractivity contribution in [2.75, 3.05) is 11.1 Å². The van der Waals surface area contributed by atoms with Crippen LogP contribution in [0.1, 0.15) is 24.8 Å². The monoisotopic (exact) mass is 228 g/mol. The second-order valence-corrected chi connectivity index (χ2v) is 6.23.